The lowest BCUT2D eigenvalue weighted by Crippen LogP contribution is -2.20. The number of rotatable bonds is 1. The molecule has 1 N–H and O–H groups in total. The molecule has 1 atom stereocenters. The van der Waals surface area contributed by atoms with Crippen LogP contribution in [0.25, 0.3) is 0 Å². The van der Waals surface area contributed by atoms with Crippen LogP contribution in [0.5, 0.6) is 5.75 Å². The largest absolute Gasteiger partial charge is 0.475 e. The summed E-state index contributed by atoms with van der Waals surface area (Å²) in [5.74, 6) is 1.11. The number of ether oxygens (including phenoxy) is 1. The molecule has 2 aliphatic rings. The van der Waals surface area contributed by atoms with Gasteiger partial charge >= 0.3 is 0 Å². The second-order valence-corrected chi connectivity index (χ2v) is 6.55. The molecule has 0 bridgehead atoms. The Kier molecular flexibility index (Phi) is 2.41. The normalized spacial score (nSPS) is 26.5. The van der Waals surface area contributed by atoms with E-state index in [1.54, 1.807) is 0 Å². The molecule has 2 heterocycles. The SMILES string of the molecule is CC1(C)Oc2c(cccc2C2CCCN2)S1. The number of hydrogen-bond donors (Lipinski definition) is 1. The Morgan fingerprint density at radius 3 is 3.06 bits per heavy atom. The number of fused-ring (bicyclic) bond motifs is 1. The van der Waals surface area contributed by atoms with E-state index < -0.39 is 0 Å². The molecular weight excluding hydrogens is 218 g/mol. The van der Waals surface area contributed by atoms with Gasteiger partial charge in [0, 0.05) is 11.6 Å². The molecule has 16 heavy (non-hydrogen) atoms. The van der Waals surface area contributed by atoms with E-state index in [9.17, 15) is 0 Å². The zero-order chi connectivity index (χ0) is 11.2. The maximum Gasteiger partial charge on any atom is 0.153 e. The molecule has 0 radical (unpaired) electrons. The van der Waals surface area contributed by atoms with E-state index in [1.807, 2.05) is 11.8 Å². The molecule has 2 aliphatic heterocycles. The summed E-state index contributed by atoms with van der Waals surface area (Å²) in [5.41, 5.74) is 1.34. The van der Waals surface area contributed by atoms with Gasteiger partial charge in [0.1, 0.15) is 5.75 Å². The van der Waals surface area contributed by atoms with Gasteiger partial charge in [-0.15, -0.1) is 0 Å². The monoisotopic (exact) mass is 235 g/mol. The van der Waals surface area contributed by atoms with E-state index in [-0.39, 0.29) is 4.93 Å². The first-order valence-corrected chi connectivity index (χ1v) is 6.72. The maximum atomic E-state index is 6.06. The van der Waals surface area contributed by atoms with Crippen molar-refractivity contribution >= 4 is 11.8 Å². The number of thioether (sulfide) groups is 1. The van der Waals surface area contributed by atoms with Crippen LogP contribution >= 0.6 is 11.8 Å². The van der Waals surface area contributed by atoms with Crippen molar-refractivity contribution in [2.75, 3.05) is 6.54 Å². The van der Waals surface area contributed by atoms with Crippen molar-refractivity contribution < 1.29 is 4.74 Å². The summed E-state index contributed by atoms with van der Waals surface area (Å²) in [7, 11) is 0. The van der Waals surface area contributed by atoms with E-state index in [4.69, 9.17) is 4.74 Å². The Morgan fingerprint density at radius 2 is 2.31 bits per heavy atom. The average molecular weight is 235 g/mol. The van der Waals surface area contributed by atoms with Gasteiger partial charge in [-0.2, -0.15) is 0 Å². The van der Waals surface area contributed by atoms with Crippen LogP contribution in [0.1, 0.15) is 38.3 Å². The third kappa shape index (κ3) is 1.72. The first-order valence-electron chi connectivity index (χ1n) is 5.90. The molecule has 1 aromatic carbocycles. The standard InChI is InChI=1S/C13H17NOS/c1-13(2)15-12-9(10-6-4-8-14-10)5-3-7-11(12)16-13/h3,5,7,10,14H,4,6,8H2,1-2H3. The van der Waals surface area contributed by atoms with Crippen molar-refractivity contribution in [1.82, 2.24) is 5.32 Å². The van der Waals surface area contributed by atoms with Gasteiger partial charge in [-0.05, 0) is 39.3 Å². The van der Waals surface area contributed by atoms with Gasteiger partial charge in [0.2, 0.25) is 0 Å². The lowest BCUT2D eigenvalue weighted by Gasteiger charge is -2.19. The van der Waals surface area contributed by atoms with E-state index in [0.717, 1.165) is 12.3 Å². The summed E-state index contributed by atoms with van der Waals surface area (Å²) in [5, 5.41) is 3.54. The highest BCUT2D eigenvalue weighted by molar-refractivity contribution is 8.00. The summed E-state index contributed by atoms with van der Waals surface area (Å²) < 4.78 is 6.06. The van der Waals surface area contributed by atoms with Crippen LogP contribution in [0, 0.1) is 0 Å². The fourth-order valence-electron chi connectivity index (χ4n) is 2.48. The molecule has 1 fully saturated rings. The molecule has 0 amide bonds. The fraction of sp³-hybridized carbons (Fsp3) is 0.538. The topological polar surface area (TPSA) is 21.3 Å². The summed E-state index contributed by atoms with van der Waals surface area (Å²) >= 11 is 1.82. The van der Waals surface area contributed by atoms with Gasteiger partial charge in [0.25, 0.3) is 0 Å². The minimum atomic E-state index is -0.114. The number of nitrogens with one attached hydrogen (secondary N) is 1. The molecule has 1 unspecified atom stereocenters. The van der Waals surface area contributed by atoms with Gasteiger partial charge in [-0.1, -0.05) is 23.9 Å². The zero-order valence-corrected chi connectivity index (χ0v) is 10.6. The number of hydrogen-bond acceptors (Lipinski definition) is 3. The van der Waals surface area contributed by atoms with Gasteiger partial charge < -0.3 is 10.1 Å². The Balaban J connectivity index is 1.99. The first kappa shape index (κ1) is 10.5. The highest BCUT2D eigenvalue weighted by Crippen LogP contribution is 2.50. The molecule has 1 saturated heterocycles. The fourth-order valence-corrected chi connectivity index (χ4v) is 3.53. The Bertz CT molecular complexity index is 410. The summed E-state index contributed by atoms with van der Waals surface area (Å²) in [6, 6.07) is 6.99. The van der Waals surface area contributed by atoms with Gasteiger partial charge in [-0.25, -0.2) is 0 Å². The van der Waals surface area contributed by atoms with Gasteiger partial charge in [-0.3, -0.25) is 0 Å². The van der Waals surface area contributed by atoms with Gasteiger partial charge in [0.05, 0.1) is 4.90 Å². The molecular formula is C13H17NOS. The van der Waals surface area contributed by atoms with Crippen LogP contribution in [0.4, 0.5) is 0 Å². The van der Waals surface area contributed by atoms with Crippen molar-refractivity contribution in [2.45, 2.75) is 42.6 Å². The predicted octanol–water partition coefficient (Wildman–Crippen LogP) is 3.33. The number of benzene rings is 1. The quantitative estimate of drug-likeness (QED) is 0.806. The molecule has 0 spiro atoms. The van der Waals surface area contributed by atoms with Crippen LogP contribution in [-0.2, 0) is 0 Å². The van der Waals surface area contributed by atoms with Crippen molar-refractivity contribution in [3.05, 3.63) is 23.8 Å². The van der Waals surface area contributed by atoms with E-state index in [0.29, 0.717) is 6.04 Å². The molecule has 3 heteroatoms. The zero-order valence-electron chi connectivity index (χ0n) is 9.75. The van der Waals surface area contributed by atoms with Crippen LogP contribution < -0.4 is 10.1 Å². The molecule has 86 valence electrons. The first-order chi connectivity index (χ1) is 7.66. The lowest BCUT2D eigenvalue weighted by molar-refractivity contribution is 0.211. The highest BCUT2D eigenvalue weighted by atomic mass is 32.2. The van der Waals surface area contributed by atoms with Crippen LogP contribution in [0.15, 0.2) is 23.1 Å². The minimum Gasteiger partial charge on any atom is -0.475 e. The van der Waals surface area contributed by atoms with Crippen LogP contribution in [-0.4, -0.2) is 11.5 Å². The number of para-hydroxylation sites is 1. The Hall–Kier alpha value is -0.670. The lowest BCUT2D eigenvalue weighted by atomic mass is 10.0. The second kappa shape index (κ2) is 3.67. The molecule has 0 aromatic heterocycles. The smallest absolute Gasteiger partial charge is 0.153 e. The molecule has 0 aliphatic carbocycles. The molecule has 2 nitrogen and oxygen atoms in total. The maximum absolute atomic E-state index is 6.06. The third-order valence-electron chi connectivity index (χ3n) is 3.15. The highest BCUT2D eigenvalue weighted by Gasteiger charge is 2.34. The molecule has 1 aromatic rings. The van der Waals surface area contributed by atoms with Crippen molar-refractivity contribution in [3.8, 4) is 5.75 Å². The summed E-state index contributed by atoms with van der Waals surface area (Å²) in [6.45, 7) is 5.39. The third-order valence-corrected chi connectivity index (χ3v) is 4.26. The Labute approximate surface area is 101 Å². The minimum absolute atomic E-state index is 0.114. The van der Waals surface area contributed by atoms with Crippen molar-refractivity contribution in [1.29, 1.82) is 0 Å². The van der Waals surface area contributed by atoms with E-state index in [1.165, 1.54) is 23.3 Å². The second-order valence-electron chi connectivity index (χ2n) is 4.93. The molecule has 0 saturated carbocycles. The van der Waals surface area contributed by atoms with Crippen LogP contribution in [0.2, 0.25) is 0 Å². The predicted molar refractivity (Wildman–Crippen MR) is 67.0 cm³/mol. The summed E-state index contributed by atoms with van der Waals surface area (Å²) in [6.07, 6.45) is 2.50. The average Bonchev–Trinajstić information content (AvgIpc) is 2.80. The van der Waals surface area contributed by atoms with Crippen molar-refractivity contribution in [3.63, 3.8) is 0 Å². The van der Waals surface area contributed by atoms with E-state index >= 15 is 0 Å². The summed E-state index contributed by atoms with van der Waals surface area (Å²) in [4.78, 5) is 1.17. The van der Waals surface area contributed by atoms with Gasteiger partial charge in [0.15, 0.2) is 4.93 Å². The Morgan fingerprint density at radius 1 is 1.44 bits per heavy atom. The van der Waals surface area contributed by atoms with Crippen LogP contribution in [0.3, 0.4) is 0 Å². The van der Waals surface area contributed by atoms with Crippen molar-refractivity contribution in [2.24, 2.45) is 0 Å². The van der Waals surface area contributed by atoms with E-state index in [2.05, 4.69) is 37.4 Å². The molecule has 3 rings (SSSR count).